The highest BCUT2D eigenvalue weighted by molar-refractivity contribution is 5.98. The number of aryl methyl sites for hydroxylation is 1. The predicted molar refractivity (Wildman–Crippen MR) is 99.6 cm³/mol. The first kappa shape index (κ1) is 19.3. The summed E-state index contributed by atoms with van der Waals surface area (Å²) in [5.41, 5.74) is 1.57. The van der Waals surface area contributed by atoms with Crippen LogP contribution in [0.1, 0.15) is 22.8 Å². The van der Waals surface area contributed by atoms with Crippen LogP contribution in [0.15, 0.2) is 48.5 Å². The molecular weight excluding hydrogens is 332 g/mol. The summed E-state index contributed by atoms with van der Waals surface area (Å²) in [6.45, 7) is 4.93. The number of ether oxygens (including phenoxy) is 2. The highest BCUT2D eigenvalue weighted by Gasteiger charge is 2.12. The van der Waals surface area contributed by atoms with Crippen LogP contribution in [0.4, 0.5) is 0 Å². The van der Waals surface area contributed by atoms with Crippen molar-refractivity contribution < 1.29 is 19.1 Å². The molecule has 0 atom stereocenters. The minimum atomic E-state index is -0.347. The van der Waals surface area contributed by atoms with E-state index >= 15 is 0 Å². The lowest BCUT2D eigenvalue weighted by Gasteiger charge is -2.11. The van der Waals surface area contributed by atoms with Gasteiger partial charge in [0.1, 0.15) is 18.1 Å². The maximum absolute atomic E-state index is 12.2. The molecule has 2 N–H and O–H groups in total. The zero-order valence-corrected chi connectivity index (χ0v) is 15.1. The van der Waals surface area contributed by atoms with E-state index < -0.39 is 0 Å². The van der Waals surface area contributed by atoms with Gasteiger partial charge in [0.05, 0.1) is 25.3 Å². The van der Waals surface area contributed by atoms with E-state index in [0.29, 0.717) is 31.1 Å². The number of hydrogen-bond acceptors (Lipinski definition) is 4. The molecule has 138 valence electrons. The van der Waals surface area contributed by atoms with Crippen LogP contribution in [-0.4, -0.2) is 38.1 Å². The lowest BCUT2D eigenvalue weighted by molar-refractivity contribution is -0.120. The van der Waals surface area contributed by atoms with Crippen LogP contribution in [0, 0.1) is 6.92 Å². The molecular formula is C20H24N2O4. The molecule has 0 saturated carbocycles. The van der Waals surface area contributed by atoms with E-state index in [2.05, 4.69) is 10.6 Å². The van der Waals surface area contributed by atoms with Gasteiger partial charge < -0.3 is 20.1 Å². The van der Waals surface area contributed by atoms with Crippen LogP contribution < -0.4 is 20.1 Å². The molecule has 26 heavy (non-hydrogen) atoms. The molecule has 0 aliphatic carbocycles. The van der Waals surface area contributed by atoms with E-state index in [0.717, 1.165) is 11.3 Å². The summed E-state index contributed by atoms with van der Waals surface area (Å²) in [5.74, 6) is 0.630. The largest absolute Gasteiger partial charge is 0.493 e. The van der Waals surface area contributed by atoms with Crippen molar-refractivity contribution in [1.29, 1.82) is 0 Å². The highest BCUT2D eigenvalue weighted by Crippen LogP contribution is 2.17. The van der Waals surface area contributed by atoms with Crippen molar-refractivity contribution in [3.8, 4) is 11.5 Å². The first-order valence-corrected chi connectivity index (χ1v) is 8.56. The van der Waals surface area contributed by atoms with Crippen molar-refractivity contribution >= 4 is 11.8 Å². The molecule has 0 spiro atoms. The molecule has 0 heterocycles. The van der Waals surface area contributed by atoms with Crippen molar-refractivity contribution in [3.63, 3.8) is 0 Å². The van der Waals surface area contributed by atoms with Crippen molar-refractivity contribution in [2.45, 2.75) is 13.8 Å². The van der Waals surface area contributed by atoms with Crippen molar-refractivity contribution in [2.75, 3.05) is 26.3 Å². The molecule has 6 nitrogen and oxygen atoms in total. The van der Waals surface area contributed by atoms with E-state index in [1.54, 1.807) is 24.3 Å². The first-order chi connectivity index (χ1) is 12.6. The summed E-state index contributed by atoms with van der Waals surface area (Å²) >= 11 is 0. The Balaban J connectivity index is 1.70. The average Bonchev–Trinajstić information content (AvgIpc) is 2.65. The quantitative estimate of drug-likeness (QED) is 0.676. The average molecular weight is 356 g/mol. The molecule has 0 saturated heterocycles. The Labute approximate surface area is 153 Å². The maximum Gasteiger partial charge on any atom is 0.255 e. The summed E-state index contributed by atoms with van der Waals surface area (Å²) in [6.07, 6.45) is 0. The van der Waals surface area contributed by atoms with Gasteiger partial charge in [0.15, 0.2) is 0 Å². The van der Waals surface area contributed by atoms with E-state index in [-0.39, 0.29) is 18.4 Å². The number of carbonyl (C=O) groups excluding carboxylic acids is 2. The Bertz CT molecular complexity index is 729. The summed E-state index contributed by atoms with van der Waals surface area (Å²) in [6, 6.07) is 14.6. The van der Waals surface area contributed by atoms with Gasteiger partial charge in [-0.2, -0.15) is 0 Å². The van der Waals surface area contributed by atoms with Crippen LogP contribution in [0.3, 0.4) is 0 Å². The smallest absolute Gasteiger partial charge is 0.255 e. The zero-order valence-electron chi connectivity index (χ0n) is 15.1. The van der Waals surface area contributed by atoms with Gasteiger partial charge in [0, 0.05) is 0 Å². The van der Waals surface area contributed by atoms with E-state index in [9.17, 15) is 9.59 Å². The Hall–Kier alpha value is -3.02. The number of para-hydroxylation sites is 1. The van der Waals surface area contributed by atoms with Gasteiger partial charge in [-0.25, -0.2) is 0 Å². The van der Waals surface area contributed by atoms with Gasteiger partial charge in [0.25, 0.3) is 5.91 Å². The third-order valence-electron chi connectivity index (χ3n) is 3.55. The van der Waals surface area contributed by atoms with Crippen molar-refractivity contribution in [1.82, 2.24) is 10.6 Å². The minimum absolute atomic E-state index is 0.107. The number of amides is 2. The molecule has 2 aromatic rings. The summed E-state index contributed by atoms with van der Waals surface area (Å²) in [7, 11) is 0. The second kappa shape index (κ2) is 10.1. The molecule has 0 fully saturated rings. The van der Waals surface area contributed by atoms with Crippen LogP contribution in [0.5, 0.6) is 11.5 Å². The molecule has 2 aromatic carbocycles. The lowest BCUT2D eigenvalue weighted by Crippen LogP contribution is -2.38. The van der Waals surface area contributed by atoms with Crippen molar-refractivity contribution in [2.24, 2.45) is 0 Å². The molecule has 0 unspecified atom stereocenters. The third-order valence-corrected chi connectivity index (χ3v) is 3.55. The second-order valence-electron chi connectivity index (χ2n) is 5.62. The third kappa shape index (κ3) is 6.12. The lowest BCUT2D eigenvalue weighted by atomic mass is 10.2. The number of benzene rings is 2. The maximum atomic E-state index is 12.2. The summed E-state index contributed by atoms with van der Waals surface area (Å²) in [4.78, 5) is 24.0. The van der Waals surface area contributed by atoms with Crippen LogP contribution in [0.2, 0.25) is 0 Å². The Morgan fingerprint density at radius 2 is 1.69 bits per heavy atom. The summed E-state index contributed by atoms with van der Waals surface area (Å²) in [5, 5.41) is 5.29. The minimum Gasteiger partial charge on any atom is -0.493 e. The normalized spacial score (nSPS) is 10.1. The van der Waals surface area contributed by atoms with Gasteiger partial charge in [0.2, 0.25) is 5.91 Å². The molecule has 6 heteroatoms. The van der Waals surface area contributed by atoms with Gasteiger partial charge in [-0.3, -0.25) is 9.59 Å². The van der Waals surface area contributed by atoms with Gasteiger partial charge in [-0.05, 0) is 38.1 Å². The fourth-order valence-corrected chi connectivity index (χ4v) is 2.25. The van der Waals surface area contributed by atoms with Crippen molar-refractivity contribution in [3.05, 3.63) is 59.7 Å². The topological polar surface area (TPSA) is 76.7 Å². The fraction of sp³-hybridized carbons (Fsp3) is 0.300. The summed E-state index contributed by atoms with van der Waals surface area (Å²) < 4.78 is 10.9. The standard InChI is InChI=1S/C20H24N2O4/c1-3-25-18-7-5-4-6-17(18)20(24)22-14-19(23)21-12-13-26-16-10-8-15(2)9-11-16/h4-11H,3,12-14H2,1-2H3,(H,21,23)(H,22,24). The van der Waals surface area contributed by atoms with Crippen LogP contribution in [-0.2, 0) is 4.79 Å². The number of nitrogens with one attached hydrogen (secondary N) is 2. The Morgan fingerprint density at radius 3 is 2.42 bits per heavy atom. The Morgan fingerprint density at radius 1 is 0.962 bits per heavy atom. The van der Waals surface area contributed by atoms with Crippen LogP contribution >= 0.6 is 0 Å². The van der Waals surface area contributed by atoms with E-state index in [1.807, 2.05) is 38.1 Å². The molecule has 2 amide bonds. The number of carbonyl (C=O) groups is 2. The molecule has 0 aliphatic rings. The number of rotatable bonds is 9. The number of hydrogen-bond donors (Lipinski definition) is 2. The first-order valence-electron chi connectivity index (χ1n) is 8.56. The van der Waals surface area contributed by atoms with Crippen LogP contribution in [0.25, 0.3) is 0 Å². The SMILES string of the molecule is CCOc1ccccc1C(=O)NCC(=O)NCCOc1ccc(C)cc1. The Kier molecular flexibility index (Phi) is 7.49. The van der Waals surface area contributed by atoms with Gasteiger partial charge in [-0.1, -0.05) is 29.8 Å². The highest BCUT2D eigenvalue weighted by atomic mass is 16.5. The zero-order chi connectivity index (χ0) is 18.8. The second-order valence-corrected chi connectivity index (χ2v) is 5.62. The molecule has 0 radical (unpaired) electrons. The van der Waals surface area contributed by atoms with Gasteiger partial charge in [-0.15, -0.1) is 0 Å². The molecule has 0 aromatic heterocycles. The monoisotopic (exact) mass is 356 g/mol. The molecule has 2 rings (SSSR count). The van der Waals surface area contributed by atoms with E-state index in [1.165, 1.54) is 0 Å². The van der Waals surface area contributed by atoms with E-state index in [4.69, 9.17) is 9.47 Å². The molecule has 0 bridgehead atoms. The molecule has 0 aliphatic heterocycles. The fourth-order valence-electron chi connectivity index (χ4n) is 2.25. The predicted octanol–water partition coefficient (Wildman–Crippen LogP) is 2.32. The van der Waals surface area contributed by atoms with Gasteiger partial charge >= 0.3 is 0 Å².